The molecule has 2 heterocycles. The molecule has 0 N–H and O–H groups in total. The highest BCUT2D eigenvalue weighted by Crippen LogP contribution is 2.46. The lowest BCUT2D eigenvalue weighted by Crippen LogP contribution is -2.57. The van der Waals surface area contributed by atoms with Gasteiger partial charge in [-0.2, -0.15) is 0 Å². The van der Waals surface area contributed by atoms with E-state index in [4.69, 9.17) is 0 Å². The van der Waals surface area contributed by atoms with Gasteiger partial charge in [-0.15, -0.1) is 0 Å². The van der Waals surface area contributed by atoms with E-state index in [1.807, 2.05) is 0 Å². The average Bonchev–Trinajstić information content (AvgIpc) is 2.03. The highest BCUT2D eigenvalue weighted by atomic mass is 127. The van der Waals surface area contributed by atoms with Gasteiger partial charge in [-0.3, -0.25) is 9.80 Å². The molecule has 3 fully saturated rings. The number of alkyl halides is 1. The minimum absolute atomic E-state index is 1.02. The third kappa shape index (κ3) is 2.02. The number of nitrogens with zero attached hydrogens (tertiary/aromatic N) is 2. The maximum atomic E-state index is 2.61. The summed E-state index contributed by atoms with van der Waals surface area (Å²) in [4.78, 5) is 4.89. The zero-order valence-corrected chi connectivity index (χ0v) is 10.7. The summed E-state index contributed by atoms with van der Waals surface area (Å²) in [5.74, 6) is 3.10. The third-order valence-electron chi connectivity index (χ3n) is 3.46. The Kier molecular flexibility index (Phi) is 3.15. The molecule has 0 aromatic heterocycles. The van der Waals surface area contributed by atoms with E-state index in [0.717, 1.165) is 24.4 Å². The van der Waals surface area contributed by atoms with Gasteiger partial charge in [0.05, 0.1) is 6.67 Å². The van der Waals surface area contributed by atoms with Gasteiger partial charge < -0.3 is 0 Å². The first kappa shape index (κ1) is 10.2. The van der Waals surface area contributed by atoms with E-state index < -0.39 is 0 Å². The third-order valence-corrected chi connectivity index (χ3v) is 4.48. The normalized spacial score (nSPS) is 39.2. The van der Waals surface area contributed by atoms with Crippen LogP contribution in [0.25, 0.3) is 0 Å². The monoisotopic (exact) mass is 294 g/mol. The van der Waals surface area contributed by atoms with Crippen molar-refractivity contribution >= 4 is 22.6 Å². The zero-order valence-electron chi connectivity index (χ0n) is 8.54. The van der Waals surface area contributed by atoms with Gasteiger partial charge in [0, 0.05) is 17.5 Å². The highest BCUT2D eigenvalue weighted by Gasteiger charge is 2.45. The molecular weight excluding hydrogens is 275 g/mol. The van der Waals surface area contributed by atoms with Gasteiger partial charge in [0.2, 0.25) is 0 Å². The van der Waals surface area contributed by atoms with E-state index in [0.29, 0.717) is 0 Å². The Labute approximate surface area is 94.8 Å². The van der Waals surface area contributed by atoms with Crippen LogP contribution in [-0.2, 0) is 0 Å². The first-order valence-corrected chi connectivity index (χ1v) is 6.66. The minimum Gasteiger partial charge on any atom is -0.297 e. The summed E-state index contributed by atoms with van der Waals surface area (Å²) in [6, 6.07) is 0. The van der Waals surface area contributed by atoms with E-state index >= 15 is 0 Å². The molecule has 3 heteroatoms. The molecule has 2 unspecified atom stereocenters. The molecule has 1 saturated carbocycles. The van der Waals surface area contributed by atoms with Crippen molar-refractivity contribution in [2.75, 3.05) is 38.3 Å². The van der Waals surface area contributed by atoms with Crippen molar-refractivity contribution in [3.63, 3.8) is 0 Å². The second-order valence-electron chi connectivity index (χ2n) is 4.83. The van der Waals surface area contributed by atoms with Crippen molar-refractivity contribution in [2.45, 2.75) is 6.42 Å². The van der Waals surface area contributed by atoms with Crippen LogP contribution in [0.1, 0.15) is 6.42 Å². The molecule has 2 saturated heterocycles. The predicted octanol–water partition coefficient (Wildman–Crippen LogP) is 1.51. The molecule has 0 radical (unpaired) electrons. The molecule has 2 aliphatic heterocycles. The van der Waals surface area contributed by atoms with Crippen LogP contribution in [0.15, 0.2) is 0 Å². The van der Waals surface area contributed by atoms with Crippen LogP contribution in [0.2, 0.25) is 0 Å². The molecule has 13 heavy (non-hydrogen) atoms. The van der Waals surface area contributed by atoms with Crippen LogP contribution < -0.4 is 0 Å². The number of rotatable bonds is 3. The molecule has 0 aromatic rings. The molecule has 2 atom stereocenters. The molecule has 0 aromatic carbocycles. The lowest BCUT2D eigenvalue weighted by Gasteiger charge is -2.53. The number of halogens is 1. The molecule has 0 spiro atoms. The highest BCUT2D eigenvalue weighted by molar-refractivity contribution is 14.1. The van der Waals surface area contributed by atoms with E-state index in [2.05, 4.69) is 46.5 Å². The molecule has 2 bridgehead atoms. The van der Waals surface area contributed by atoms with Gasteiger partial charge in [-0.05, 0) is 38.3 Å². The second-order valence-corrected chi connectivity index (χ2v) is 5.71. The number of piperidine rings is 2. The molecule has 0 amide bonds. The van der Waals surface area contributed by atoms with Gasteiger partial charge in [-0.1, -0.05) is 22.6 Å². The fraction of sp³-hybridized carbons (Fsp3) is 1.00. The summed E-state index contributed by atoms with van der Waals surface area (Å²) >= 11 is 2.56. The van der Waals surface area contributed by atoms with Crippen molar-refractivity contribution in [2.24, 2.45) is 17.8 Å². The van der Waals surface area contributed by atoms with Crippen LogP contribution in [0.3, 0.4) is 0 Å². The standard InChI is InChI=1S/C10H19IN2/c1-12(2)7-13-5-8-3-9(6-13)10(8)4-11/h8-10H,3-7H2,1-2H3. The number of fused-ring (bicyclic) bond motifs is 2. The summed E-state index contributed by atoms with van der Waals surface area (Å²) < 4.78 is 1.38. The Balaban J connectivity index is 1.82. The minimum atomic E-state index is 1.02. The largest absolute Gasteiger partial charge is 0.297 e. The van der Waals surface area contributed by atoms with E-state index in [1.54, 1.807) is 0 Å². The van der Waals surface area contributed by atoms with Crippen LogP contribution in [0.5, 0.6) is 0 Å². The Morgan fingerprint density at radius 1 is 1.31 bits per heavy atom. The van der Waals surface area contributed by atoms with Gasteiger partial charge >= 0.3 is 0 Å². The summed E-state index contributed by atoms with van der Waals surface area (Å²) in [5, 5.41) is 0. The van der Waals surface area contributed by atoms with Crippen LogP contribution in [-0.4, -0.2) is 48.1 Å². The summed E-state index contributed by atoms with van der Waals surface area (Å²) in [7, 11) is 4.33. The Morgan fingerprint density at radius 3 is 2.38 bits per heavy atom. The maximum absolute atomic E-state index is 2.61. The Morgan fingerprint density at radius 2 is 1.92 bits per heavy atom. The van der Waals surface area contributed by atoms with Crippen molar-refractivity contribution in [3.8, 4) is 0 Å². The van der Waals surface area contributed by atoms with Crippen molar-refractivity contribution < 1.29 is 0 Å². The molecule has 2 nitrogen and oxygen atoms in total. The molecular formula is C10H19IN2. The Bertz CT molecular complexity index is 172. The van der Waals surface area contributed by atoms with Crippen LogP contribution in [0.4, 0.5) is 0 Å². The van der Waals surface area contributed by atoms with Gasteiger partial charge in [0.15, 0.2) is 0 Å². The average molecular weight is 294 g/mol. The lowest BCUT2D eigenvalue weighted by atomic mass is 9.62. The summed E-state index contributed by atoms with van der Waals surface area (Å²) in [5.41, 5.74) is 0. The maximum Gasteiger partial charge on any atom is 0.0500 e. The van der Waals surface area contributed by atoms with Gasteiger partial charge in [0.1, 0.15) is 0 Å². The SMILES string of the molecule is CN(C)CN1CC2CC(C1)C2CI. The van der Waals surface area contributed by atoms with E-state index in [1.165, 1.54) is 23.9 Å². The quantitative estimate of drug-likeness (QED) is 0.575. The number of hydrogen-bond donors (Lipinski definition) is 0. The molecule has 3 aliphatic rings. The van der Waals surface area contributed by atoms with E-state index in [9.17, 15) is 0 Å². The van der Waals surface area contributed by atoms with Crippen molar-refractivity contribution in [1.29, 1.82) is 0 Å². The predicted molar refractivity (Wildman–Crippen MR) is 64.1 cm³/mol. The smallest absolute Gasteiger partial charge is 0.0500 e. The molecule has 1 aliphatic carbocycles. The Hall–Kier alpha value is 0.650. The van der Waals surface area contributed by atoms with Gasteiger partial charge in [-0.25, -0.2) is 0 Å². The van der Waals surface area contributed by atoms with Crippen molar-refractivity contribution in [3.05, 3.63) is 0 Å². The topological polar surface area (TPSA) is 6.48 Å². The first-order chi connectivity index (χ1) is 6.20. The fourth-order valence-electron chi connectivity index (χ4n) is 2.85. The first-order valence-electron chi connectivity index (χ1n) is 5.13. The van der Waals surface area contributed by atoms with E-state index in [-0.39, 0.29) is 0 Å². The molecule has 76 valence electrons. The summed E-state index contributed by atoms with van der Waals surface area (Å²) in [6.07, 6.45) is 1.51. The fourth-order valence-corrected chi connectivity index (χ4v) is 4.29. The zero-order chi connectivity index (χ0) is 9.42. The number of hydrogen-bond acceptors (Lipinski definition) is 2. The second kappa shape index (κ2) is 4.03. The van der Waals surface area contributed by atoms with Crippen LogP contribution >= 0.6 is 22.6 Å². The van der Waals surface area contributed by atoms with Gasteiger partial charge in [0.25, 0.3) is 0 Å². The summed E-state index contributed by atoms with van der Waals surface area (Å²) in [6.45, 7) is 3.85. The van der Waals surface area contributed by atoms with Crippen molar-refractivity contribution in [1.82, 2.24) is 9.80 Å². The van der Waals surface area contributed by atoms with Crippen LogP contribution in [0, 0.1) is 17.8 Å². The lowest BCUT2D eigenvalue weighted by molar-refractivity contribution is -0.0442. The molecule has 3 rings (SSSR count).